The number of rotatable bonds is 6. The van der Waals surface area contributed by atoms with Crippen molar-refractivity contribution in [3.8, 4) is 11.5 Å². The Labute approximate surface area is 167 Å². The summed E-state index contributed by atoms with van der Waals surface area (Å²) in [7, 11) is 3.07. The molecule has 0 bridgehead atoms. The van der Waals surface area contributed by atoms with Gasteiger partial charge in [0.1, 0.15) is 0 Å². The molecule has 146 valence electrons. The van der Waals surface area contributed by atoms with Gasteiger partial charge in [-0.25, -0.2) is 0 Å². The van der Waals surface area contributed by atoms with Crippen LogP contribution in [0.2, 0.25) is 0 Å². The molecule has 0 saturated heterocycles. The first-order valence-electron chi connectivity index (χ1n) is 8.11. The lowest BCUT2D eigenvalue weighted by atomic mass is 10.1. The number of nitrogens with one attached hydrogen (secondary N) is 2. The van der Waals surface area contributed by atoms with Gasteiger partial charge in [0.2, 0.25) is 5.91 Å². The predicted molar refractivity (Wildman–Crippen MR) is 111 cm³/mol. The Balaban J connectivity index is 2.02. The van der Waals surface area contributed by atoms with Gasteiger partial charge in [-0.1, -0.05) is 12.1 Å². The zero-order valence-corrected chi connectivity index (χ0v) is 16.3. The number of nitro groups is 1. The van der Waals surface area contributed by atoms with E-state index in [4.69, 9.17) is 21.7 Å². The van der Waals surface area contributed by atoms with Crippen LogP contribution < -0.4 is 20.1 Å². The fourth-order valence-corrected chi connectivity index (χ4v) is 2.60. The summed E-state index contributed by atoms with van der Waals surface area (Å²) in [6.45, 7) is 1.60. The van der Waals surface area contributed by atoms with Gasteiger partial charge in [0.25, 0.3) is 5.69 Å². The highest BCUT2D eigenvalue weighted by atomic mass is 32.1. The third kappa shape index (κ3) is 5.27. The van der Waals surface area contributed by atoms with Crippen molar-refractivity contribution in [3.05, 3.63) is 63.7 Å². The lowest BCUT2D eigenvalue weighted by Crippen LogP contribution is -2.33. The average Bonchev–Trinajstić information content (AvgIpc) is 2.67. The number of nitrogens with zero attached hydrogens (tertiary/aromatic N) is 1. The normalized spacial score (nSPS) is 10.4. The Morgan fingerprint density at radius 3 is 2.54 bits per heavy atom. The van der Waals surface area contributed by atoms with Gasteiger partial charge in [-0.2, -0.15) is 0 Å². The SMILES string of the molecule is COc1ccc(C=CC(=O)NC(=S)Nc2cccc([N+](=O)[O-])c2C)cc1OC. The fourth-order valence-electron chi connectivity index (χ4n) is 2.39. The summed E-state index contributed by atoms with van der Waals surface area (Å²) in [5.74, 6) is 0.681. The second-order valence-corrected chi connectivity index (χ2v) is 6.01. The molecule has 0 radical (unpaired) electrons. The van der Waals surface area contributed by atoms with Crippen LogP contribution in [0, 0.1) is 17.0 Å². The molecule has 0 fully saturated rings. The number of methoxy groups -OCH3 is 2. The molecule has 1 amide bonds. The molecular formula is C19H19N3O5S. The predicted octanol–water partition coefficient (Wildman–Crippen LogP) is 3.45. The molecule has 0 aromatic heterocycles. The van der Waals surface area contributed by atoms with Crippen molar-refractivity contribution in [1.29, 1.82) is 0 Å². The number of anilines is 1. The zero-order chi connectivity index (χ0) is 20.7. The quantitative estimate of drug-likeness (QED) is 0.331. The molecule has 0 aliphatic rings. The number of carbonyl (C=O) groups is 1. The smallest absolute Gasteiger partial charge is 0.274 e. The summed E-state index contributed by atoms with van der Waals surface area (Å²) < 4.78 is 10.4. The Kier molecular flexibility index (Phi) is 7.05. The van der Waals surface area contributed by atoms with E-state index in [-0.39, 0.29) is 10.8 Å². The molecule has 2 aromatic rings. The van der Waals surface area contributed by atoms with Gasteiger partial charge in [-0.05, 0) is 49.0 Å². The number of hydrogen-bond donors (Lipinski definition) is 2. The maximum atomic E-state index is 12.1. The fraction of sp³-hybridized carbons (Fsp3) is 0.158. The summed E-state index contributed by atoms with van der Waals surface area (Å²) in [5, 5.41) is 16.3. The van der Waals surface area contributed by atoms with Crippen LogP contribution in [-0.4, -0.2) is 30.2 Å². The van der Waals surface area contributed by atoms with E-state index in [9.17, 15) is 14.9 Å². The number of thiocarbonyl (C=S) groups is 1. The van der Waals surface area contributed by atoms with Crippen molar-refractivity contribution in [1.82, 2.24) is 5.32 Å². The van der Waals surface area contributed by atoms with Crippen LogP contribution >= 0.6 is 12.2 Å². The van der Waals surface area contributed by atoms with E-state index < -0.39 is 10.8 Å². The van der Waals surface area contributed by atoms with Crippen LogP contribution in [0.3, 0.4) is 0 Å². The number of nitro benzene ring substituents is 1. The van der Waals surface area contributed by atoms with Crippen molar-refractivity contribution in [2.24, 2.45) is 0 Å². The number of amides is 1. The van der Waals surface area contributed by atoms with Crippen LogP contribution in [0.4, 0.5) is 11.4 Å². The molecule has 9 heteroatoms. The highest BCUT2D eigenvalue weighted by molar-refractivity contribution is 7.80. The van der Waals surface area contributed by atoms with E-state index in [1.165, 1.54) is 32.4 Å². The van der Waals surface area contributed by atoms with Gasteiger partial charge < -0.3 is 14.8 Å². The van der Waals surface area contributed by atoms with Gasteiger partial charge in [0.15, 0.2) is 16.6 Å². The highest BCUT2D eigenvalue weighted by Gasteiger charge is 2.14. The molecule has 0 unspecified atom stereocenters. The first kappa shape index (κ1) is 20.8. The van der Waals surface area contributed by atoms with Gasteiger partial charge in [0.05, 0.1) is 30.4 Å². The van der Waals surface area contributed by atoms with Crippen molar-refractivity contribution >= 4 is 40.7 Å². The summed E-state index contributed by atoms with van der Waals surface area (Å²) in [6.07, 6.45) is 2.91. The lowest BCUT2D eigenvalue weighted by molar-refractivity contribution is -0.385. The Bertz CT molecular complexity index is 943. The second-order valence-electron chi connectivity index (χ2n) is 5.60. The second kappa shape index (κ2) is 9.47. The molecule has 2 aromatic carbocycles. The molecule has 0 saturated carbocycles. The zero-order valence-electron chi connectivity index (χ0n) is 15.5. The van der Waals surface area contributed by atoms with E-state index in [0.29, 0.717) is 22.7 Å². The monoisotopic (exact) mass is 401 g/mol. The average molecular weight is 401 g/mol. The maximum Gasteiger partial charge on any atom is 0.274 e. The number of carbonyl (C=O) groups excluding carboxylic acids is 1. The number of ether oxygens (including phenoxy) is 2. The van der Waals surface area contributed by atoms with Crippen LogP contribution in [-0.2, 0) is 4.79 Å². The Hall–Kier alpha value is -3.46. The topological polar surface area (TPSA) is 103 Å². The van der Waals surface area contributed by atoms with Crippen LogP contribution in [0.5, 0.6) is 11.5 Å². The summed E-state index contributed by atoms with van der Waals surface area (Å²) in [5.41, 5.74) is 1.57. The molecule has 0 aliphatic heterocycles. The molecule has 28 heavy (non-hydrogen) atoms. The molecule has 2 rings (SSSR count). The van der Waals surface area contributed by atoms with Crippen LogP contribution in [0.25, 0.3) is 6.08 Å². The Morgan fingerprint density at radius 1 is 1.18 bits per heavy atom. The minimum absolute atomic E-state index is 0.0329. The Morgan fingerprint density at radius 2 is 1.89 bits per heavy atom. The summed E-state index contributed by atoms with van der Waals surface area (Å²) in [4.78, 5) is 22.6. The van der Waals surface area contributed by atoms with Gasteiger partial charge in [0, 0.05) is 12.1 Å². The minimum Gasteiger partial charge on any atom is -0.493 e. The molecule has 0 aliphatic carbocycles. The lowest BCUT2D eigenvalue weighted by Gasteiger charge is -2.10. The standard InChI is InChI=1S/C19H19N3O5S/c1-12-14(5-4-6-15(12)22(24)25)20-19(28)21-18(23)10-8-13-7-9-16(26-2)17(11-13)27-3/h4-11H,1-3H3,(H2,20,21,23,28). The van der Waals surface area contributed by atoms with Crippen molar-refractivity contribution in [3.63, 3.8) is 0 Å². The van der Waals surface area contributed by atoms with Crippen molar-refractivity contribution in [2.45, 2.75) is 6.92 Å². The molecule has 8 nitrogen and oxygen atoms in total. The number of benzene rings is 2. The van der Waals surface area contributed by atoms with Crippen molar-refractivity contribution < 1.29 is 19.2 Å². The van der Waals surface area contributed by atoms with Crippen LogP contribution in [0.1, 0.15) is 11.1 Å². The van der Waals surface area contributed by atoms with E-state index in [0.717, 1.165) is 5.56 Å². The van der Waals surface area contributed by atoms with Crippen molar-refractivity contribution in [2.75, 3.05) is 19.5 Å². The highest BCUT2D eigenvalue weighted by Crippen LogP contribution is 2.28. The maximum absolute atomic E-state index is 12.1. The van der Waals surface area contributed by atoms with Gasteiger partial charge >= 0.3 is 0 Å². The van der Waals surface area contributed by atoms with E-state index in [2.05, 4.69) is 10.6 Å². The molecule has 0 atom stereocenters. The molecule has 0 spiro atoms. The van der Waals surface area contributed by atoms with E-state index >= 15 is 0 Å². The first-order valence-corrected chi connectivity index (χ1v) is 8.52. The van der Waals surface area contributed by atoms with Crippen LogP contribution in [0.15, 0.2) is 42.5 Å². The number of hydrogen-bond acceptors (Lipinski definition) is 6. The molecule has 2 N–H and O–H groups in total. The minimum atomic E-state index is -0.478. The van der Waals surface area contributed by atoms with E-state index in [1.54, 1.807) is 37.3 Å². The third-order valence-corrected chi connectivity index (χ3v) is 4.03. The summed E-state index contributed by atoms with van der Waals surface area (Å²) >= 11 is 5.10. The van der Waals surface area contributed by atoms with Gasteiger partial charge in [-0.15, -0.1) is 0 Å². The molecular weight excluding hydrogens is 382 g/mol. The first-order chi connectivity index (χ1) is 13.3. The summed E-state index contributed by atoms with van der Waals surface area (Å²) in [6, 6.07) is 9.80. The third-order valence-electron chi connectivity index (χ3n) is 3.82. The van der Waals surface area contributed by atoms with Gasteiger partial charge in [-0.3, -0.25) is 20.2 Å². The largest absolute Gasteiger partial charge is 0.493 e. The van der Waals surface area contributed by atoms with E-state index in [1.807, 2.05) is 0 Å². The molecule has 0 heterocycles.